The predicted octanol–water partition coefficient (Wildman–Crippen LogP) is 2.76. The molecular weight excluding hydrogens is 326 g/mol. The Labute approximate surface area is 123 Å². The highest BCUT2D eigenvalue weighted by Crippen LogP contribution is 2.36. The zero-order valence-electron chi connectivity index (χ0n) is 10.3. The van der Waals surface area contributed by atoms with Crippen molar-refractivity contribution in [2.45, 2.75) is 12.8 Å². The number of pyridine rings is 1. The van der Waals surface area contributed by atoms with Crippen LogP contribution in [0.4, 0.5) is 5.82 Å². The van der Waals surface area contributed by atoms with E-state index in [1.165, 1.54) is 10.1 Å². The molecule has 1 saturated heterocycles. The van der Waals surface area contributed by atoms with Crippen molar-refractivity contribution in [2.24, 2.45) is 11.7 Å². The van der Waals surface area contributed by atoms with Gasteiger partial charge >= 0.3 is 0 Å². The van der Waals surface area contributed by atoms with Crippen molar-refractivity contribution in [1.82, 2.24) is 4.98 Å². The molecule has 0 aromatic carbocycles. The first-order valence-electron chi connectivity index (χ1n) is 6.23. The summed E-state index contributed by atoms with van der Waals surface area (Å²) in [6, 6.07) is 2.02. The van der Waals surface area contributed by atoms with Crippen LogP contribution in [-0.4, -0.2) is 24.0 Å². The minimum absolute atomic E-state index is 0.0190. The van der Waals surface area contributed by atoms with Crippen molar-refractivity contribution in [1.29, 1.82) is 0 Å². The molecule has 2 aromatic heterocycles. The van der Waals surface area contributed by atoms with Gasteiger partial charge in [-0.2, -0.15) is 0 Å². The Balaban J connectivity index is 1.88. The predicted molar refractivity (Wildman–Crippen MR) is 81.5 cm³/mol. The molecular formula is C13H14BrN3OS. The van der Waals surface area contributed by atoms with Gasteiger partial charge in [0.2, 0.25) is 5.91 Å². The van der Waals surface area contributed by atoms with Gasteiger partial charge < -0.3 is 10.6 Å². The van der Waals surface area contributed by atoms with Crippen LogP contribution < -0.4 is 10.6 Å². The molecule has 0 unspecified atom stereocenters. The number of nitrogens with zero attached hydrogens (tertiary/aromatic N) is 2. The lowest BCUT2D eigenvalue weighted by molar-refractivity contribution is -0.122. The quantitative estimate of drug-likeness (QED) is 0.915. The van der Waals surface area contributed by atoms with Gasteiger partial charge in [-0.1, -0.05) is 0 Å². The number of aromatic nitrogens is 1. The fraction of sp³-hybridized carbons (Fsp3) is 0.385. The Morgan fingerprint density at radius 1 is 1.47 bits per heavy atom. The van der Waals surface area contributed by atoms with E-state index in [0.29, 0.717) is 0 Å². The number of carbonyl (C=O) groups is 1. The van der Waals surface area contributed by atoms with Gasteiger partial charge in [0.1, 0.15) is 5.82 Å². The number of nitrogens with two attached hydrogens (primary N) is 1. The minimum atomic E-state index is -0.176. The fourth-order valence-electron chi connectivity index (χ4n) is 2.52. The van der Waals surface area contributed by atoms with Crippen LogP contribution in [0, 0.1) is 5.92 Å². The van der Waals surface area contributed by atoms with Crippen molar-refractivity contribution >= 4 is 49.1 Å². The Morgan fingerprint density at radius 2 is 2.21 bits per heavy atom. The highest BCUT2D eigenvalue weighted by atomic mass is 79.9. The summed E-state index contributed by atoms with van der Waals surface area (Å²) in [4.78, 5) is 18.0. The first-order valence-corrected chi connectivity index (χ1v) is 7.90. The monoisotopic (exact) mass is 339 g/mol. The van der Waals surface area contributed by atoms with E-state index in [2.05, 4.69) is 31.2 Å². The van der Waals surface area contributed by atoms with E-state index in [4.69, 9.17) is 5.73 Å². The van der Waals surface area contributed by atoms with E-state index in [-0.39, 0.29) is 11.8 Å². The van der Waals surface area contributed by atoms with Crippen LogP contribution in [0.1, 0.15) is 12.8 Å². The lowest BCUT2D eigenvalue weighted by atomic mass is 9.96. The van der Waals surface area contributed by atoms with Crippen LogP contribution >= 0.6 is 27.3 Å². The normalized spacial score (nSPS) is 17.0. The summed E-state index contributed by atoms with van der Waals surface area (Å²) in [6.07, 6.45) is 3.48. The van der Waals surface area contributed by atoms with Crippen molar-refractivity contribution in [2.75, 3.05) is 18.0 Å². The molecule has 3 rings (SSSR count). The summed E-state index contributed by atoms with van der Waals surface area (Å²) >= 11 is 5.26. The van der Waals surface area contributed by atoms with Gasteiger partial charge in [-0.25, -0.2) is 4.98 Å². The zero-order chi connectivity index (χ0) is 13.4. The molecule has 2 aromatic rings. The largest absolute Gasteiger partial charge is 0.369 e. The second-order valence-electron chi connectivity index (χ2n) is 4.76. The first-order chi connectivity index (χ1) is 9.16. The van der Waals surface area contributed by atoms with Crippen molar-refractivity contribution < 1.29 is 4.79 Å². The standard InChI is InChI=1S/C13H14BrN3OS/c14-10-7-19-11-9(10)1-4-16-13(11)17-5-2-8(3-6-17)12(15)18/h1,4,7-8H,2-3,5-6H2,(H2,15,18). The third-order valence-electron chi connectivity index (χ3n) is 3.62. The fourth-order valence-corrected chi connectivity index (χ4v) is 4.20. The molecule has 0 aliphatic carbocycles. The SMILES string of the molecule is NC(=O)C1CCN(c2nccc3c(Br)csc23)CC1. The summed E-state index contributed by atoms with van der Waals surface area (Å²) < 4.78 is 2.31. The molecule has 0 radical (unpaired) electrons. The summed E-state index contributed by atoms with van der Waals surface area (Å²) in [7, 11) is 0. The summed E-state index contributed by atoms with van der Waals surface area (Å²) in [5.41, 5.74) is 5.37. The lowest BCUT2D eigenvalue weighted by Gasteiger charge is -2.31. The van der Waals surface area contributed by atoms with E-state index in [1.54, 1.807) is 11.3 Å². The Morgan fingerprint density at radius 3 is 2.89 bits per heavy atom. The molecule has 4 nitrogen and oxygen atoms in total. The molecule has 0 saturated carbocycles. The summed E-state index contributed by atoms with van der Waals surface area (Å²) in [6.45, 7) is 1.68. The van der Waals surface area contributed by atoms with Gasteiger partial charge in [0, 0.05) is 40.4 Å². The molecule has 1 fully saturated rings. The van der Waals surface area contributed by atoms with Crippen LogP contribution in [0.5, 0.6) is 0 Å². The summed E-state index contributed by atoms with van der Waals surface area (Å²) in [5.74, 6) is 0.867. The van der Waals surface area contributed by atoms with Crippen molar-refractivity contribution in [3.8, 4) is 0 Å². The van der Waals surface area contributed by atoms with Gasteiger partial charge in [0.25, 0.3) is 0 Å². The molecule has 2 N–H and O–H groups in total. The van der Waals surface area contributed by atoms with Crippen molar-refractivity contribution in [3.63, 3.8) is 0 Å². The van der Waals surface area contributed by atoms with Gasteiger partial charge in [-0.15, -0.1) is 11.3 Å². The molecule has 0 spiro atoms. The second-order valence-corrected chi connectivity index (χ2v) is 6.49. The number of thiophene rings is 1. The van der Waals surface area contributed by atoms with E-state index < -0.39 is 0 Å². The maximum atomic E-state index is 11.2. The molecule has 1 amide bonds. The molecule has 1 aliphatic heterocycles. The maximum absolute atomic E-state index is 11.2. The second kappa shape index (κ2) is 5.09. The number of anilines is 1. The van der Waals surface area contributed by atoms with Crippen LogP contribution in [0.15, 0.2) is 22.1 Å². The first kappa shape index (κ1) is 12.9. The Kier molecular flexibility index (Phi) is 3.45. The number of amides is 1. The number of carbonyl (C=O) groups excluding carboxylic acids is 1. The number of primary amides is 1. The van der Waals surface area contributed by atoms with Crippen LogP contribution in [-0.2, 0) is 4.79 Å². The van der Waals surface area contributed by atoms with Gasteiger partial charge in [0.05, 0.1) is 4.70 Å². The molecule has 1 aliphatic rings. The number of rotatable bonds is 2. The minimum Gasteiger partial charge on any atom is -0.369 e. The zero-order valence-corrected chi connectivity index (χ0v) is 12.7. The summed E-state index contributed by atoms with van der Waals surface area (Å²) in [5, 5.41) is 3.29. The van der Waals surface area contributed by atoms with E-state index >= 15 is 0 Å². The number of hydrogen-bond acceptors (Lipinski definition) is 4. The Bertz CT molecular complexity index is 619. The van der Waals surface area contributed by atoms with E-state index in [0.717, 1.165) is 36.2 Å². The smallest absolute Gasteiger partial charge is 0.220 e. The molecule has 0 atom stereocenters. The molecule has 3 heterocycles. The van der Waals surface area contributed by atoms with Gasteiger partial charge in [0.15, 0.2) is 0 Å². The molecule has 0 bridgehead atoms. The van der Waals surface area contributed by atoms with Crippen molar-refractivity contribution in [3.05, 3.63) is 22.1 Å². The molecule has 19 heavy (non-hydrogen) atoms. The third kappa shape index (κ3) is 2.34. The average molecular weight is 340 g/mol. The van der Waals surface area contributed by atoms with E-state index in [1.807, 2.05) is 12.3 Å². The van der Waals surface area contributed by atoms with E-state index in [9.17, 15) is 4.79 Å². The number of halogens is 1. The van der Waals surface area contributed by atoms with Gasteiger partial charge in [-0.3, -0.25) is 4.79 Å². The average Bonchev–Trinajstić information content (AvgIpc) is 2.81. The van der Waals surface area contributed by atoms with Crippen LogP contribution in [0.2, 0.25) is 0 Å². The lowest BCUT2D eigenvalue weighted by Crippen LogP contribution is -2.38. The highest BCUT2D eigenvalue weighted by molar-refractivity contribution is 9.10. The topological polar surface area (TPSA) is 59.2 Å². The number of hydrogen-bond donors (Lipinski definition) is 1. The highest BCUT2D eigenvalue weighted by Gasteiger charge is 2.25. The van der Waals surface area contributed by atoms with Gasteiger partial charge in [-0.05, 0) is 34.8 Å². The number of fused-ring (bicyclic) bond motifs is 1. The molecule has 100 valence electrons. The third-order valence-corrected chi connectivity index (χ3v) is 5.57. The van der Waals surface area contributed by atoms with Crippen LogP contribution in [0.3, 0.4) is 0 Å². The number of piperidine rings is 1. The molecule has 6 heteroatoms. The Hall–Kier alpha value is -1.14. The van der Waals surface area contributed by atoms with Crippen LogP contribution in [0.25, 0.3) is 10.1 Å². The maximum Gasteiger partial charge on any atom is 0.220 e.